The Morgan fingerprint density at radius 3 is 1.61 bits per heavy atom. The minimum absolute atomic E-state index is 0.000752. The number of benzene rings is 1. The fraction of sp³-hybridized carbons (Fsp3) is 0.671. The Hall–Kier alpha value is -11.0. The summed E-state index contributed by atoms with van der Waals surface area (Å²) in [6, 6.07) is 2.00. The molecule has 121 heavy (non-hydrogen) atoms. The van der Waals surface area contributed by atoms with Gasteiger partial charge in [-0.05, 0) is 56.9 Å². The van der Waals surface area contributed by atoms with Crippen LogP contribution < -0.4 is 64.2 Å². The van der Waals surface area contributed by atoms with E-state index in [0.29, 0.717) is 82.9 Å². The standard InChI is InChI=1S/C76H121N21O24/c1-52-41-65(103)97(75(52)114)24-18-61(99)85-55(15-8-11-21-80-64(102)48-96-46-54(90-91-96)44-83-63(101)47-92-25-27-93(49-67(106)115-2)29-31-95(51-69(108)117-4)32-30-94(28-26-92)50-68(107)116-3)70(109)81-23-34-119-36-38-121-40-39-120-37-35-118-33-19-60(98)79-20-10-9-16-57-72(111)87-56(17-12-22-82-76(77)78)71(110)84-45-62(100)86-59(43-66(104)105)74(113)89-58(73(112)88-57)42-53-13-6-5-7-14-53/h5-7,13-14,46,52,55-59H,8-12,15-45,47-51H2,1-4H3,(H,79,98)(H,80,102)(H,81,109)(H,83,101)(H,84,110)(H,85,99)(H,86,100)(H,87,111)(H,88,112)(H,89,113)(H,104,105)(H4,77,78,82)/t52?,55?,56-,57-,58+,59-/m0/s1. The van der Waals surface area contributed by atoms with Crippen LogP contribution >= 0.6 is 0 Å². The average molecular weight is 1710 g/mol. The lowest BCUT2D eigenvalue weighted by atomic mass is 10.0. The molecule has 45 heteroatoms. The molecule has 4 heterocycles. The number of esters is 3. The fourth-order valence-corrected chi connectivity index (χ4v) is 12.6. The summed E-state index contributed by atoms with van der Waals surface area (Å²) in [5, 5.41) is 54.3. The number of unbranched alkanes of at least 4 members (excludes halogenated alkanes) is 2. The van der Waals surface area contributed by atoms with Gasteiger partial charge in [0.05, 0.1) is 126 Å². The van der Waals surface area contributed by atoms with Gasteiger partial charge in [-0.2, -0.15) is 0 Å². The molecule has 0 radical (unpaired) electrons. The molecule has 2 aromatic rings. The van der Waals surface area contributed by atoms with Gasteiger partial charge in [0.25, 0.3) is 0 Å². The molecule has 3 saturated heterocycles. The van der Waals surface area contributed by atoms with Gasteiger partial charge in [-0.15, -0.1) is 5.10 Å². The van der Waals surface area contributed by atoms with Crippen molar-refractivity contribution in [2.75, 3.05) is 192 Å². The molecule has 1 aromatic heterocycles. The van der Waals surface area contributed by atoms with Crippen LogP contribution in [0.4, 0.5) is 0 Å². The zero-order valence-electron chi connectivity index (χ0n) is 69.4. The number of ether oxygens (including phenoxy) is 7. The van der Waals surface area contributed by atoms with E-state index in [4.69, 9.17) is 44.3 Å². The van der Waals surface area contributed by atoms with Crippen LogP contribution in [0.15, 0.2) is 36.5 Å². The number of imide groups is 1. The molecular formula is C76H121N21O24. The van der Waals surface area contributed by atoms with Gasteiger partial charge in [0.2, 0.25) is 70.9 Å². The van der Waals surface area contributed by atoms with Crippen molar-refractivity contribution in [2.24, 2.45) is 11.7 Å². The molecule has 0 saturated carbocycles. The minimum atomic E-state index is -1.65. The number of nitrogens with two attached hydrogens (primary N) is 1. The van der Waals surface area contributed by atoms with Crippen LogP contribution in [-0.2, 0) is 129 Å². The van der Waals surface area contributed by atoms with Crippen molar-refractivity contribution in [1.29, 1.82) is 5.41 Å². The molecule has 0 bridgehead atoms. The zero-order valence-corrected chi connectivity index (χ0v) is 69.4. The van der Waals surface area contributed by atoms with Crippen LogP contribution in [0.1, 0.15) is 95.2 Å². The number of carbonyl (C=O) groups is 16. The number of likely N-dealkylation sites (tertiary alicyclic amines) is 1. The minimum Gasteiger partial charge on any atom is -0.481 e. The third kappa shape index (κ3) is 42.2. The van der Waals surface area contributed by atoms with Crippen LogP contribution in [0.25, 0.3) is 0 Å². The summed E-state index contributed by atoms with van der Waals surface area (Å²) in [6.07, 6.45) is 2.21. The molecule has 6 atom stereocenters. The van der Waals surface area contributed by atoms with Crippen molar-refractivity contribution in [3.8, 4) is 0 Å². The van der Waals surface area contributed by atoms with Gasteiger partial charge >= 0.3 is 23.9 Å². The maximum atomic E-state index is 14.1. The van der Waals surface area contributed by atoms with E-state index >= 15 is 0 Å². The number of hydrogen-bond donors (Lipinski definition) is 14. The van der Waals surface area contributed by atoms with Gasteiger partial charge in [0, 0.05) is 117 Å². The predicted octanol–water partition coefficient (Wildman–Crippen LogP) is -6.90. The number of carbonyl (C=O) groups excluding carboxylic acids is 15. The highest BCUT2D eigenvalue weighted by atomic mass is 16.6. The molecule has 15 N–H and O–H groups in total. The number of carboxylic acid groups (broad SMARTS) is 1. The SMILES string of the molecule is COC(=O)CN1CCN(CC(=O)NCc2cn(CC(=O)NCCCCC(NC(=O)CCN3C(=O)CC(C)C3=O)C(=O)NCCOCCOCCOCCOCCC(=O)NCCCC[C@@H]3NC(=O)[C@@H](Cc4ccccc4)NC(=O)[C@H](CC(=O)O)NC(=O)CNC(=O)[C@H](CCCNC(=N)N)NC3=O)nn2)CCN(CC(=O)OC)CCN(CC(=O)OC)CC1. The third-order valence-corrected chi connectivity index (χ3v) is 19.3. The van der Waals surface area contributed by atoms with Crippen LogP contribution in [0.2, 0.25) is 0 Å². The van der Waals surface area contributed by atoms with E-state index in [9.17, 15) is 81.8 Å². The van der Waals surface area contributed by atoms with E-state index in [2.05, 4.69) is 68.8 Å². The molecule has 1 aromatic carbocycles. The summed E-state index contributed by atoms with van der Waals surface area (Å²) in [7, 11) is 3.88. The fourth-order valence-electron chi connectivity index (χ4n) is 12.6. The van der Waals surface area contributed by atoms with E-state index in [1.807, 2.05) is 19.6 Å². The number of nitrogens with zero attached hydrogens (tertiary/aromatic N) is 8. The van der Waals surface area contributed by atoms with Crippen molar-refractivity contribution in [2.45, 2.75) is 134 Å². The summed E-state index contributed by atoms with van der Waals surface area (Å²) in [4.78, 5) is 216. The smallest absolute Gasteiger partial charge is 0.319 e. The van der Waals surface area contributed by atoms with Crippen LogP contribution in [0, 0.1) is 11.3 Å². The molecule has 5 rings (SSSR count). The number of methoxy groups -OCH3 is 3. The highest BCUT2D eigenvalue weighted by Crippen LogP contribution is 2.19. The third-order valence-electron chi connectivity index (χ3n) is 19.3. The predicted molar refractivity (Wildman–Crippen MR) is 428 cm³/mol. The summed E-state index contributed by atoms with van der Waals surface area (Å²) in [6.45, 7) is 5.53. The van der Waals surface area contributed by atoms with E-state index in [-0.39, 0.29) is 212 Å². The van der Waals surface area contributed by atoms with Crippen molar-refractivity contribution >= 4 is 101 Å². The van der Waals surface area contributed by atoms with Crippen molar-refractivity contribution < 1.29 is 115 Å². The quantitative estimate of drug-likeness (QED) is 0.00731. The van der Waals surface area contributed by atoms with Crippen molar-refractivity contribution in [3.05, 3.63) is 47.8 Å². The normalized spacial score (nSPS) is 18.7. The summed E-state index contributed by atoms with van der Waals surface area (Å²) >= 11 is 0. The lowest BCUT2D eigenvalue weighted by molar-refractivity contribution is -0.144. The van der Waals surface area contributed by atoms with Gasteiger partial charge < -0.3 is 102 Å². The largest absolute Gasteiger partial charge is 0.481 e. The van der Waals surface area contributed by atoms with E-state index in [1.54, 1.807) is 37.3 Å². The Balaban J connectivity index is 0.975. The number of aromatic nitrogens is 3. The van der Waals surface area contributed by atoms with Gasteiger partial charge in [-0.3, -0.25) is 107 Å². The first-order chi connectivity index (χ1) is 58.1. The Kier molecular flexibility index (Phi) is 47.6. The molecule has 0 aliphatic carbocycles. The molecule has 0 spiro atoms. The monoisotopic (exact) mass is 1710 g/mol. The number of aliphatic carboxylic acids is 1. The Labute approximate surface area is 701 Å². The van der Waals surface area contributed by atoms with Gasteiger partial charge in [0.1, 0.15) is 42.4 Å². The molecule has 45 nitrogen and oxygen atoms in total. The molecule has 674 valence electrons. The maximum absolute atomic E-state index is 14.1. The van der Waals surface area contributed by atoms with Crippen LogP contribution in [0.3, 0.4) is 0 Å². The molecule has 3 aliphatic heterocycles. The number of hydrogen-bond acceptors (Lipinski definition) is 30. The highest BCUT2D eigenvalue weighted by Gasteiger charge is 2.37. The zero-order chi connectivity index (χ0) is 88.3. The summed E-state index contributed by atoms with van der Waals surface area (Å²) in [5.41, 5.74) is 6.38. The number of rotatable bonds is 50. The average Bonchev–Trinajstić information content (AvgIpc) is 1.73. The van der Waals surface area contributed by atoms with Gasteiger partial charge in [-0.25, -0.2) is 4.68 Å². The second-order valence-corrected chi connectivity index (χ2v) is 28.8. The maximum Gasteiger partial charge on any atom is 0.319 e. The summed E-state index contributed by atoms with van der Waals surface area (Å²) < 4.78 is 38.4. The number of nitrogens with one attached hydrogen (secondary N) is 12. The Bertz CT molecular complexity index is 3660. The van der Waals surface area contributed by atoms with Crippen molar-refractivity contribution in [1.82, 2.24) is 98.0 Å². The highest BCUT2D eigenvalue weighted by molar-refractivity contribution is 6.04. The number of amides is 12. The number of guanidine groups is 1. The molecule has 12 amide bonds. The Morgan fingerprint density at radius 2 is 1.05 bits per heavy atom. The molecule has 3 aliphatic rings. The lowest BCUT2D eigenvalue weighted by Crippen LogP contribution is -2.58. The first-order valence-corrected chi connectivity index (χ1v) is 40.4. The molecule has 3 fully saturated rings. The lowest BCUT2D eigenvalue weighted by Gasteiger charge is -2.33. The topological polar surface area (TPSA) is 587 Å². The van der Waals surface area contributed by atoms with Crippen LogP contribution in [-0.4, -0.2) is 368 Å². The van der Waals surface area contributed by atoms with E-state index < -0.39 is 120 Å². The summed E-state index contributed by atoms with van der Waals surface area (Å²) in [5.74, 6) is -10.7. The molecular weight excluding hydrogens is 1590 g/mol. The van der Waals surface area contributed by atoms with Crippen LogP contribution in [0.5, 0.6) is 0 Å². The molecule has 2 unspecified atom stereocenters. The van der Waals surface area contributed by atoms with Gasteiger partial charge in [0.15, 0.2) is 5.96 Å². The first kappa shape index (κ1) is 101. The van der Waals surface area contributed by atoms with E-state index in [0.717, 1.165) is 4.90 Å². The number of carboxylic acids is 1. The van der Waals surface area contributed by atoms with Crippen molar-refractivity contribution in [3.63, 3.8) is 0 Å². The van der Waals surface area contributed by atoms with E-state index in [1.165, 1.54) is 32.2 Å². The Morgan fingerprint density at radius 1 is 0.545 bits per heavy atom. The first-order valence-electron chi connectivity index (χ1n) is 40.4. The van der Waals surface area contributed by atoms with Gasteiger partial charge in [-0.1, -0.05) is 42.5 Å². The second-order valence-electron chi connectivity index (χ2n) is 28.8. The second kappa shape index (κ2) is 57.3.